The Kier molecular flexibility index (Phi) is 8.69. The molecule has 0 saturated carbocycles. The summed E-state index contributed by atoms with van der Waals surface area (Å²) in [6, 6.07) is 10.2. The molecule has 0 radical (unpaired) electrons. The Morgan fingerprint density at radius 2 is 1.09 bits per heavy atom. The molecule has 0 heterocycles. The minimum Gasteiger partial charge on any atom is -0.496 e. The van der Waals surface area contributed by atoms with Gasteiger partial charge in [-0.25, -0.2) is 0 Å². The molecule has 0 aliphatic carbocycles. The van der Waals surface area contributed by atoms with E-state index in [-0.39, 0.29) is 37.4 Å². The number of carbonyl (C=O) groups is 2. The minimum absolute atomic E-state index is 0.0282. The van der Waals surface area contributed by atoms with Crippen LogP contribution in [0, 0.1) is 0 Å². The SMILES string of the molecule is COc1cc(OC)c(C(=O)P(=O)(C(=O)c2c(Cl)c(Cl)c(Cl)c(Cl)c2Cl)c2ccccc2)c(OC)c1. The number of hydrogen-bond donors (Lipinski definition) is 0. The van der Waals surface area contributed by atoms with Gasteiger partial charge in [0.25, 0.3) is 0 Å². The third-order valence-corrected chi connectivity index (χ3v) is 9.94. The zero-order valence-electron chi connectivity index (χ0n) is 18.3. The van der Waals surface area contributed by atoms with Crippen LogP contribution in [-0.2, 0) is 4.57 Å². The Balaban J connectivity index is 2.39. The average molecular weight is 597 g/mol. The van der Waals surface area contributed by atoms with Crippen molar-refractivity contribution in [3.63, 3.8) is 0 Å². The highest BCUT2D eigenvalue weighted by Gasteiger charge is 2.47. The standard InChI is InChI=1S/C23H16Cl5O6P/c1-32-11-9-13(33-2)15(14(10-11)34-3)22(29)35(31,12-7-5-4-6-8-12)23(30)16-17(24)19(26)21(28)20(27)18(16)25/h4-10H,1-3H3. The zero-order valence-corrected chi connectivity index (χ0v) is 23.0. The van der Waals surface area contributed by atoms with Gasteiger partial charge < -0.3 is 18.8 Å². The number of benzene rings is 3. The first-order valence-corrected chi connectivity index (χ1v) is 13.2. The van der Waals surface area contributed by atoms with E-state index in [1.807, 2.05) is 0 Å². The van der Waals surface area contributed by atoms with Gasteiger partial charge >= 0.3 is 0 Å². The number of carbonyl (C=O) groups excluding carboxylic acids is 2. The first kappa shape index (κ1) is 27.7. The lowest BCUT2D eigenvalue weighted by Gasteiger charge is -2.21. The molecular weight excluding hydrogens is 580 g/mol. The van der Waals surface area contributed by atoms with Crippen LogP contribution in [0.5, 0.6) is 17.2 Å². The highest BCUT2D eigenvalue weighted by molar-refractivity contribution is 8.01. The van der Waals surface area contributed by atoms with Crippen LogP contribution in [0.4, 0.5) is 0 Å². The third-order valence-electron chi connectivity index (χ3n) is 5.04. The van der Waals surface area contributed by atoms with Crippen LogP contribution in [0.25, 0.3) is 0 Å². The molecule has 3 aromatic rings. The van der Waals surface area contributed by atoms with E-state index in [0.717, 1.165) is 0 Å². The molecule has 1 atom stereocenters. The van der Waals surface area contributed by atoms with Crippen LogP contribution < -0.4 is 19.5 Å². The van der Waals surface area contributed by atoms with Crippen LogP contribution >= 0.6 is 65.1 Å². The lowest BCUT2D eigenvalue weighted by molar-refractivity contribution is 0.103. The summed E-state index contributed by atoms with van der Waals surface area (Å²) in [7, 11) is -0.712. The number of halogens is 5. The van der Waals surface area contributed by atoms with Crippen molar-refractivity contribution in [3.05, 3.63) is 78.7 Å². The van der Waals surface area contributed by atoms with Crippen LogP contribution in [0.15, 0.2) is 42.5 Å². The number of ether oxygens (including phenoxy) is 3. The van der Waals surface area contributed by atoms with Gasteiger partial charge in [0.05, 0.1) is 52.0 Å². The smallest absolute Gasteiger partial charge is 0.249 e. The summed E-state index contributed by atoms with van der Waals surface area (Å²) in [5, 5.41) is -1.62. The molecule has 0 N–H and O–H groups in total. The van der Waals surface area contributed by atoms with Gasteiger partial charge in [-0.05, 0) is 0 Å². The van der Waals surface area contributed by atoms with E-state index in [4.69, 9.17) is 72.2 Å². The number of rotatable bonds is 8. The van der Waals surface area contributed by atoms with E-state index >= 15 is 0 Å². The van der Waals surface area contributed by atoms with E-state index in [2.05, 4.69) is 0 Å². The van der Waals surface area contributed by atoms with E-state index < -0.39 is 33.8 Å². The van der Waals surface area contributed by atoms with Gasteiger partial charge in [0.1, 0.15) is 22.8 Å². The van der Waals surface area contributed by atoms with Gasteiger partial charge in [-0.15, -0.1) is 0 Å². The van der Waals surface area contributed by atoms with Crippen molar-refractivity contribution in [2.45, 2.75) is 0 Å². The van der Waals surface area contributed by atoms with Crippen molar-refractivity contribution in [2.75, 3.05) is 21.3 Å². The predicted octanol–water partition coefficient (Wildman–Crippen LogP) is 7.65. The maximum absolute atomic E-state index is 14.6. The monoisotopic (exact) mass is 594 g/mol. The second-order valence-electron chi connectivity index (χ2n) is 6.91. The van der Waals surface area contributed by atoms with E-state index in [1.54, 1.807) is 6.07 Å². The van der Waals surface area contributed by atoms with Gasteiger partial charge in [0, 0.05) is 17.4 Å². The molecule has 3 aromatic carbocycles. The van der Waals surface area contributed by atoms with Crippen molar-refractivity contribution in [3.8, 4) is 17.2 Å². The molecule has 3 rings (SSSR count). The summed E-state index contributed by atoms with van der Waals surface area (Å²) in [5.74, 6) is 0.248. The fraction of sp³-hybridized carbons (Fsp3) is 0.130. The van der Waals surface area contributed by atoms with Crippen molar-refractivity contribution in [1.82, 2.24) is 0 Å². The zero-order chi connectivity index (χ0) is 26.1. The van der Waals surface area contributed by atoms with Crippen LogP contribution in [0.2, 0.25) is 25.1 Å². The second-order valence-corrected chi connectivity index (χ2v) is 11.3. The first-order chi connectivity index (χ1) is 16.5. The van der Waals surface area contributed by atoms with E-state index in [0.29, 0.717) is 5.75 Å². The van der Waals surface area contributed by atoms with Crippen LogP contribution in [0.3, 0.4) is 0 Å². The Hall–Kier alpha value is -1.92. The second kappa shape index (κ2) is 11.0. The summed E-state index contributed by atoms with van der Waals surface area (Å²) in [6.07, 6.45) is 0. The number of methoxy groups -OCH3 is 3. The normalized spacial score (nSPS) is 12.6. The van der Waals surface area contributed by atoms with Crippen LogP contribution in [-0.4, -0.2) is 32.4 Å². The topological polar surface area (TPSA) is 78.9 Å². The maximum atomic E-state index is 14.6. The van der Waals surface area contributed by atoms with Gasteiger partial charge in [-0.3, -0.25) is 9.59 Å². The van der Waals surface area contributed by atoms with E-state index in [1.165, 1.54) is 57.7 Å². The Morgan fingerprint density at radius 3 is 1.51 bits per heavy atom. The molecule has 1 unspecified atom stereocenters. The third kappa shape index (κ3) is 4.76. The molecule has 0 aliphatic rings. The molecule has 0 saturated heterocycles. The molecule has 0 aliphatic heterocycles. The summed E-state index contributed by atoms with van der Waals surface area (Å²) >= 11 is 30.9. The van der Waals surface area contributed by atoms with Gasteiger partial charge in [0.15, 0.2) is 0 Å². The quantitative estimate of drug-likeness (QED) is 0.151. The molecule has 35 heavy (non-hydrogen) atoms. The Labute approximate surface area is 226 Å². The average Bonchev–Trinajstić information content (AvgIpc) is 2.89. The molecule has 12 heteroatoms. The Bertz CT molecular complexity index is 1320. The summed E-state index contributed by atoms with van der Waals surface area (Å²) in [4.78, 5) is 28.0. The molecule has 0 spiro atoms. The fourth-order valence-corrected chi connectivity index (χ4v) is 7.05. The summed E-state index contributed by atoms with van der Waals surface area (Å²) in [5.41, 5.74) is -3.02. The predicted molar refractivity (Wildman–Crippen MR) is 140 cm³/mol. The highest BCUT2D eigenvalue weighted by Crippen LogP contribution is 2.57. The maximum Gasteiger partial charge on any atom is 0.249 e. The Morgan fingerprint density at radius 1 is 0.657 bits per heavy atom. The van der Waals surface area contributed by atoms with Gasteiger partial charge in [-0.1, -0.05) is 88.3 Å². The van der Waals surface area contributed by atoms with Crippen molar-refractivity contribution in [2.24, 2.45) is 0 Å². The molecule has 0 bridgehead atoms. The molecule has 0 fully saturated rings. The van der Waals surface area contributed by atoms with Gasteiger partial charge in [0.2, 0.25) is 18.2 Å². The molecule has 184 valence electrons. The lowest BCUT2D eigenvalue weighted by Crippen LogP contribution is -2.22. The van der Waals surface area contributed by atoms with Crippen molar-refractivity contribution in [1.29, 1.82) is 0 Å². The summed E-state index contributed by atoms with van der Waals surface area (Å²) < 4.78 is 30.5. The molecule has 0 aromatic heterocycles. The fourth-order valence-electron chi connectivity index (χ4n) is 3.29. The van der Waals surface area contributed by atoms with Crippen molar-refractivity contribution >= 4 is 81.5 Å². The number of hydrogen-bond acceptors (Lipinski definition) is 6. The largest absolute Gasteiger partial charge is 0.496 e. The van der Waals surface area contributed by atoms with E-state index in [9.17, 15) is 14.2 Å². The van der Waals surface area contributed by atoms with Crippen LogP contribution in [0.1, 0.15) is 20.7 Å². The van der Waals surface area contributed by atoms with Gasteiger partial charge in [-0.2, -0.15) is 0 Å². The lowest BCUT2D eigenvalue weighted by atomic mass is 10.2. The molecular formula is C23H16Cl5O6P. The van der Waals surface area contributed by atoms with Crippen molar-refractivity contribution < 1.29 is 28.4 Å². The highest BCUT2D eigenvalue weighted by atomic mass is 35.5. The summed E-state index contributed by atoms with van der Waals surface area (Å²) in [6.45, 7) is 0. The first-order valence-electron chi connectivity index (χ1n) is 9.61. The molecule has 0 amide bonds. The molecule has 6 nitrogen and oxygen atoms in total. The minimum atomic E-state index is -4.72.